The van der Waals surface area contributed by atoms with E-state index in [0.29, 0.717) is 0 Å². The zero-order valence-electron chi connectivity index (χ0n) is 13.9. The summed E-state index contributed by atoms with van der Waals surface area (Å²) in [5, 5.41) is 3.41. The number of nitrogens with one attached hydrogen (secondary N) is 1. The molecule has 1 saturated heterocycles. The Kier molecular flexibility index (Phi) is 4.09. The van der Waals surface area contributed by atoms with Crippen LogP contribution in [0, 0.1) is 0 Å². The second-order valence-electron chi connectivity index (χ2n) is 6.05. The third-order valence-corrected chi connectivity index (χ3v) is 4.52. The Bertz CT molecular complexity index is 822. The molecule has 0 saturated carbocycles. The van der Waals surface area contributed by atoms with E-state index in [1.165, 1.54) is 5.56 Å². The minimum atomic E-state index is 0.809. The zero-order valence-corrected chi connectivity index (χ0v) is 13.9. The lowest BCUT2D eigenvalue weighted by Crippen LogP contribution is -2.44. The van der Waals surface area contributed by atoms with Crippen molar-refractivity contribution in [1.82, 2.24) is 14.9 Å². The molecule has 5 nitrogen and oxygen atoms in total. The van der Waals surface area contributed by atoms with E-state index in [0.717, 1.165) is 55.5 Å². The smallest absolute Gasteiger partial charge is 0.207 e. The number of hydrogen-bond donors (Lipinski definition) is 1. The molecule has 4 rings (SSSR count). The Morgan fingerprint density at radius 3 is 2.58 bits per heavy atom. The summed E-state index contributed by atoms with van der Waals surface area (Å²) < 4.78 is 7.83. The van der Waals surface area contributed by atoms with Gasteiger partial charge in [0.1, 0.15) is 11.3 Å². The fraction of sp³-hybridized carbons (Fsp3) is 0.316. The molecule has 1 aliphatic heterocycles. The maximum atomic E-state index is 5.53. The van der Waals surface area contributed by atoms with Crippen molar-refractivity contribution in [2.75, 3.05) is 38.2 Å². The topological polar surface area (TPSA) is 42.3 Å². The third-order valence-electron chi connectivity index (χ3n) is 4.52. The van der Waals surface area contributed by atoms with Gasteiger partial charge in [0.2, 0.25) is 5.95 Å². The summed E-state index contributed by atoms with van der Waals surface area (Å²) >= 11 is 0. The van der Waals surface area contributed by atoms with Gasteiger partial charge in [0.25, 0.3) is 0 Å². The number of hydrogen-bond acceptors (Lipinski definition) is 4. The first-order chi connectivity index (χ1) is 11.9. The molecular formula is C19H22N4O. The summed E-state index contributed by atoms with van der Waals surface area (Å²) in [6.45, 7) is 4.74. The molecule has 0 amide bonds. The maximum absolute atomic E-state index is 5.53. The monoisotopic (exact) mass is 322 g/mol. The summed E-state index contributed by atoms with van der Waals surface area (Å²) in [5.41, 5.74) is 3.33. The quantitative estimate of drug-likeness (QED) is 0.801. The number of para-hydroxylation sites is 1. The normalized spacial score (nSPS) is 15.0. The third kappa shape index (κ3) is 2.71. The highest BCUT2D eigenvalue weighted by Crippen LogP contribution is 2.30. The predicted molar refractivity (Wildman–Crippen MR) is 96.9 cm³/mol. The van der Waals surface area contributed by atoms with Crippen LogP contribution in [0.3, 0.4) is 0 Å². The number of benzene rings is 2. The van der Waals surface area contributed by atoms with Gasteiger partial charge >= 0.3 is 0 Å². The van der Waals surface area contributed by atoms with Gasteiger partial charge in [0.05, 0.1) is 19.2 Å². The lowest BCUT2D eigenvalue weighted by molar-refractivity contribution is 0.419. The highest BCUT2D eigenvalue weighted by atomic mass is 16.5. The van der Waals surface area contributed by atoms with Gasteiger partial charge in [0, 0.05) is 26.2 Å². The van der Waals surface area contributed by atoms with Crippen LogP contribution in [0.25, 0.3) is 11.0 Å². The number of imidazole rings is 1. The molecule has 0 spiro atoms. The molecule has 1 N–H and O–H groups in total. The van der Waals surface area contributed by atoms with E-state index in [2.05, 4.69) is 51.2 Å². The van der Waals surface area contributed by atoms with Gasteiger partial charge in [-0.2, -0.15) is 0 Å². The zero-order chi connectivity index (χ0) is 16.4. The molecular weight excluding hydrogens is 300 g/mol. The molecule has 0 aliphatic carbocycles. The Hall–Kier alpha value is -2.53. The van der Waals surface area contributed by atoms with Crippen LogP contribution in [0.2, 0.25) is 0 Å². The lowest BCUT2D eigenvalue weighted by atomic mass is 10.2. The van der Waals surface area contributed by atoms with Crippen LogP contribution in [-0.2, 0) is 6.54 Å². The molecule has 24 heavy (non-hydrogen) atoms. The van der Waals surface area contributed by atoms with E-state index in [-0.39, 0.29) is 0 Å². The van der Waals surface area contributed by atoms with Gasteiger partial charge in [0.15, 0.2) is 0 Å². The molecule has 0 radical (unpaired) electrons. The van der Waals surface area contributed by atoms with Gasteiger partial charge in [-0.25, -0.2) is 4.98 Å². The number of anilines is 1. The van der Waals surface area contributed by atoms with E-state index < -0.39 is 0 Å². The highest BCUT2D eigenvalue weighted by molar-refractivity contribution is 5.85. The van der Waals surface area contributed by atoms with E-state index in [1.54, 1.807) is 7.11 Å². The van der Waals surface area contributed by atoms with Crippen LogP contribution in [0.5, 0.6) is 5.75 Å². The standard InChI is InChI=1S/C19H22N4O/c1-24-17-9-5-8-16-18(17)21-19(22-12-10-20-11-13-22)23(16)14-15-6-3-2-4-7-15/h2-9,20H,10-14H2,1H3. The highest BCUT2D eigenvalue weighted by Gasteiger charge is 2.20. The van der Waals surface area contributed by atoms with Crippen LogP contribution in [0.4, 0.5) is 5.95 Å². The number of aromatic nitrogens is 2. The largest absolute Gasteiger partial charge is 0.494 e. The Morgan fingerprint density at radius 2 is 1.83 bits per heavy atom. The van der Waals surface area contributed by atoms with E-state index in [1.807, 2.05) is 12.1 Å². The molecule has 1 fully saturated rings. The van der Waals surface area contributed by atoms with Crippen molar-refractivity contribution in [3.63, 3.8) is 0 Å². The first-order valence-corrected chi connectivity index (χ1v) is 8.39. The Balaban J connectivity index is 1.84. The molecule has 124 valence electrons. The number of nitrogens with zero attached hydrogens (tertiary/aromatic N) is 3. The number of methoxy groups -OCH3 is 1. The molecule has 5 heteroatoms. The summed E-state index contributed by atoms with van der Waals surface area (Å²) in [6.07, 6.45) is 0. The van der Waals surface area contributed by atoms with E-state index in [9.17, 15) is 0 Å². The second kappa shape index (κ2) is 6.53. The molecule has 2 aromatic carbocycles. The summed E-state index contributed by atoms with van der Waals surface area (Å²) in [5.74, 6) is 1.86. The van der Waals surface area contributed by atoms with Gasteiger partial charge in [-0.15, -0.1) is 0 Å². The van der Waals surface area contributed by atoms with Gasteiger partial charge in [-0.3, -0.25) is 0 Å². The molecule has 0 atom stereocenters. The van der Waals surface area contributed by atoms with Crippen molar-refractivity contribution in [1.29, 1.82) is 0 Å². The minimum absolute atomic E-state index is 0.809. The van der Waals surface area contributed by atoms with Crippen LogP contribution < -0.4 is 15.0 Å². The van der Waals surface area contributed by atoms with Gasteiger partial charge in [-0.1, -0.05) is 36.4 Å². The van der Waals surface area contributed by atoms with Crippen LogP contribution in [0.15, 0.2) is 48.5 Å². The molecule has 0 unspecified atom stereocenters. The molecule has 3 aromatic rings. The predicted octanol–water partition coefficient (Wildman–Crippen LogP) is 2.50. The molecule has 2 heterocycles. The number of piperazine rings is 1. The number of rotatable bonds is 4. The van der Waals surface area contributed by atoms with Crippen molar-refractivity contribution in [2.45, 2.75) is 6.54 Å². The summed E-state index contributed by atoms with van der Waals surface area (Å²) in [7, 11) is 1.70. The van der Waals surface area contributed by atoms with Crippen molar-refractivity contribution in [2.24, 2.45) is 0 Å². The van der Waals surface area contributed by atoms with Crippen molar-refractivity contribution >= 4 is 17.0 Å². The molecule has 0 bridgehead atoms. The van der Waals surface area contributed by atoms with E-state index >= 15 is 0 Å². The summed E-state index contributed by atoms with van der Waals surface area (Å²) in [6, 6.07) is 16.7. The van der Waals surface area contributed by atoms with Crippen LogP contribution in [-0.4, -0.2) is 42.8 Å². The van der Waals surface area contributed by atoms with Crippen molar-refractivity contribution in [3.05, 3.63) is 54.1 Å². The number of ether oxygens (including phenoxy) is 1. The summed E-state index contributed by atoms with van der Waals surface area (Å²) in [4.78, 5) is 7.30. The Labute approximate surface area is 141 Å². The first-order valence-electron chi connectivity index (χ1n) is 8.39. The van der Waals surface area contributed by atoms with Crippen molar-refractivity contribution < 1.29 is 4.74 Å². The Morgan fingerprint density at radius 1 is 1.04 bits per heavy atom. The average molecular weight is 322 g/mol. The fourth-order valence-corrected chi connectivity index (χ4v) is 3.30. The molecule has 1 aliphatic rings. The van der Waals surface area contributed by atoms with Gasteiger partial charge in [-0.05, 0) is 17.7 Å². The maximum Gasteiger partial charge on any atom is 0.207 e. The SMILES string of the molecule is COc1cccc2c1nc(N1CCNCC1)n2Cc1ccccc1. The second-order valence-corrected chi connectivity index (χ2v) is 6.05. The minimum Gasteiger partial charge on any atom is -0.494 e. The average Bonchev–Trinajstić information content (AvgIpc) is 3.02. The van der Waals surface area contributed by atoms with E-state index in [4.69, 9.17) is 9.72 Å². The van der Waals surface area contributed by atoms with Crippen LogP contribution >= 0.6 is 0 Å². The fourth-order valence-electron chi connectivity index (χ4n) is 3.30. The lowest BCUT2D eigenvalue weighted by Gasteiger charge is -2.29. The number of fused-ring (bicyclic) bond motifs is 1. The first kappa shape index (κ1) is 15.0. The van der Waals surface area contributed by atoms with Crippen LogP contribution in [0.1, 0.15) is 5.56 Å². The van der Waals surface area contributed by atoms with Gasteiger partial charge < -0.3 is 19.5 Å². The van der Waals surface area contributed by atoms with Crippen molar-refractivity contribution in [3.8, 4) is 5.75 Å². The molecule has 1 aromatic heterocycles.